The molecule has 0 fully saturated rings. The van der Waals surface area contributed by atoms with E-state index in [2.05, 4.69) is 31.1 Å². The Hall–Kier alpha value is -2.17. The van der Waals surface area contributed by atoms with Crippen LogP contribution in [0.25, 0.3) is 0 Å². The first-order valence-electron chi connectivity index (χ1n) is 8.96. The molecule has 2 aromatic rings. The van der Waals surface area contributed by atoms with Crippen molar-refractivity contribution in [2.24, 2.45) is 12.0 Å². The fourth-order valence-corrected chi connectivity index (χ4v) is 2.32. The number of amides is 1. The summed E-state index contributed by atoms with van der Waals surface area (Å²) in [6.45, 7) is 8.84. The van der Waals surface area contributed by atoms with Crippen molar-refractivity contribution in [1.29, 1.82) is 0 Å². The molecule has 9 heteroatoms. The predicted molar refractivity (Wildman–Crippen MR) is 121 cm³/mol. The van der Waals surface area contributed by atoms with E-state index < -0.39 is 0 Å². The van der Waals surface area contributed by atoms with E-state index in [0.29, 0.717) is 19.0 Å². The van der Waals surface area contributed by atoms with Crippen LogP contribution in [0.2, 0.25) is 0 Å². The standard InChI is InChI=1S/C19H29N7O.HI/c1-14-24-25-16(26(14)5)12-21-18(20-11-15-9-7-6-8-10-15)22-13-17(27)23-19(2,3)4;/h6-10H,11-13H2,1-5H3,(H,23,27)(H2,20,21,22);1H. The molecule has 28 heavy (non-hydrogen) atoms. The molecule has 1 amide bonds. The Morgan fingerprint density at radius 2 is 1.82 bits per heavy atom. The average Bonchev–Trinajstić information content (AvgIpc) is 2.92. The highest BCUT2D eigenvalue weighted by Gasteiger charge is 2.14. The van der Waals surface area contributed by atoms with Crippen LogP contribution in [0.4, 0.5) is 0 Å². The van der Waals surface area contributed by atoms with E-state index >= 15 is 0 Å². The highest BCUT2D eigenvalue weighted by molar-refractivity contribution is 14.0. The van der Waals surface area contributed by atoms with Gasteiger partial charge in [-0.05, 0) is 33.3 Å². The minimum Gasteiger partial charge on any atom is -0.350 e. The predicted octanol–water partition coefficient (Wildman–Crippen LogP) is 1.89. The molecular weight excluding hydrogens is 469 g/mol. The highest BCUT2D eigenvalue weighted by Crippen LogP contribution is 2.01. The molecule has 0 aliphatic carbocycles. The van der Waals surface area contributed by atoms with Crippen LogP contribution in [-0.2, 0) is 24.9 Å². The van der Waals surface area contributed by atoms with E-state index in [0.717, 1.165) is 17.2 Å². The number of rotatable bonds is 6. The van der Waals surface area contributed by atoms with Gasteiger partial charge in [0.15, 0.2) is 11.8 Å². The average molecular weight is 499 g/mol. The van der Waals surface area contributed by atoms with Crippen LogP contribution >= 0.6 is 24.0 Å². The molecule has 0 saturated carbocycles. The number of carbonyl (C=O) groups excluding carboxylic acids is 1. The third-order valence-electron chi connectivity index (χ3n) is 3.79. The zero-order valence-electron chi connectivity index (χ0n) is 17.1. The maximum absolute atomic E-state index is 12.1. The lowest BCUT2D eigenvalue weighted by molar-refractivity contribution is -0.121. The summed E-state index contributed by atoms with van der Waals surface area (Å²) in [6.07, 6.45) is 0. The van der Waals surface area contributed by atoms with Gasteiger partial charge in [-0.1, -0.05) is 30.3 Å². The van der Waals surface area contributed by atoms with Gasteiger partial charge in [0.2, 0.25) is 5.91 Å². The van der Waals surface area contributed by atoms with E-state index in [1.165, 1.54) is 0 Å². The van der Waals surface area contributed by atoms with Gasteiger partial charge < -0.3 is 20.5 Å². The van der Waals surface area contributed by atoms with Gasteiger partial charge >= 0.3 is 0 Å². The molecule has 0 unspecified atom stereocenters. The molecule has 0 atom stereocenters. The van der Waals surface area contributed by atoms with E-state index in [1.54, 1.807) is 0 Å². The van der Waals surface area contributed by atoms with Crippen LogP contribution in [0.15, 0.2) is 35.3 Å². The SMILES string of the molecule is Cc1nnc(CNC(=NCc2ccccc2)NCC(=O)NC(C)(C)C)n1C.I. The maximum atomic E-state index is 12.1. The molecular formula is C19H30IN7O. The third-order valence-corrected chi connectivity index (χ3v) is 3.79. The van der Waals surface area contributed by atoms with Crippen molar-refractivity contribution in [2.45, 2.75) is 46.3 Å². The van der Waals surface area contributed by atoms with Crippen molar-refractivity contribution in [3.05, 3.63) is 47.5 Å². The van der Waals surface area contributed by atoms with Gasteiger partial charge in [0.05, 0.1) is 19.6 Å². The molecule has 2 rings (SSSR count). The molecule has 0 saturated heterocycles. The smallest absolute Gasteiger partial charge is 0.239 e. The number of hydrogen-bond acceptors (Lipinski definition) is 4. The number of aryl methyl sites for hydroxylation is 1. The zero-order valence-corrected chi connectivity index (χ0v) is 19.4. The van der Waals surface area contributed by atoms with Gasteiger partial charge in [-0.25, -0.2) is 4.99 Å². The van der Waals surface area contributed by atoms with Gasteiger partial charge in [-0.3, -0.25) is 4.79 Å². The number of carbonyl (C=O) groups is 1. The number of benzene rings is 1. The first-order chi connectivity index (χ1) is 12.7. The van der Waals surface area contributed by atoms with E-state index in [9.17, 15) is 4.79 Å². The quantitative estimate of drug-likeness (QED) is 0.321. The Labute approximate surface area is 183 Å². The summed E-state index contributed by atoms with van der Waals surface area (Å²) in [4.78, 5) is 16.7. The number of nitrogens with one attached hydrogen (secondary N) is 3. The Bertz CT molecular complexity index is 781. The lowest BCUT2D eigenvalue weighted by Gasteiger charge is -2.21. The summed E-state index contributed by atoms with van der Waals surface area (Å²) >= 11 is 0. The first kappa shape index (κ1) is 23.9. The Kier molecular flexibility index (Phi) is 9.36. The summed E-state index contributed by atoms with van der Waals surface area (Å²) in [5.41, 5.74) is 0.816. The molecule has 0 aliphatic heterocycles. The van der Waals surface area contributed by atoms with Crippen molar-refractivity contribution in [2.75, 3.05) is 6.54 Å². The highest BCUT2D eigenvalue weighted by atomic mass is 127. The molecule has 0 aliphatic rings. The molecule has 3 N–H and O–H groups in total. The zero-order chi connectivity index (χ0) is 19.9. The molecule has 8 nitrogen and oxygen atoms in total. The third kappa shape index (κ3) is 8.24. The van der Waals surface area contributed by atoms with Crippen LogP contribution in [0.3, 0.4) is 0 Å². The van der Waals surface area contributed by atoms with Crippen molar-refractivity contribution in [3.63, 3.8) is 0 Å². The Morgan fingerprint density at radius 1 is 1.14 bits per heavy atom. The molecule has 1 heterocycles. The second kappa shape index (κ2) is 11.0. The lowest BCUT2D eigenvalue weighted by atomic mass is 10.1. The summed E-state index contributed by atoms with van der Waals surface area (Å²) in [5.74, 6) is 2.09. The molecule has 0 bridgehead atoms. The maximum Gasteiger partial charge on any atom is 0.239 e. The fourth-order valence-electron chi connectivity index (χ4n) is 2.32. The van der Waals surface area contributed by atoms with Crippen LogP contribution < -0.4 is 16.0 Å². The number of aliphatic imine (C=N–C) groups is 1. The molecule has 0 spiro atoms. The van der Waals surface area contributed by atoms with Crippen molar-refractivity contribution in [3.8, 4) is 0 Å². The van der Waals surface area contributed by atoms with E-state index in [-0.39, 0.29) is 42.0 Å². The summed E-state index contributed by atoms with van der Waals surface area (Å²) < 4.78 is 1.91. The van der Waals surface area contributed by atoms with Gasteiger partial charge in [0, 0.05) is 12.6 Å². The fraction of sp³-hybridized carbons (Fsp3) is 0.474. The van der Waals surface area contributed by atoms with Gasteiger partial charge in [-0.15, -0.1) is 34.2 Å². The van der Waals surface area contributed by atoms with Crippen LogP contribution in [0.1, 0.15) is 38.0 Å². The van der Waals surface area contributed by atoms with Gasteiger partial charge in [0.1, 0.15) is 5.82 Å². The Balaban J connectivity index is 0.00000392. The van der Waals surface area contributed by atoms with Crippen LogP contribution in [0, 0.1) is 6.92 Å². The van der Waals surface area contributed by atoms with Gasteiger partial charge in [0.25, 0.3) is 0 Å². The number of nitrogens with zero attached hydrogens (tertiary/aromatic N) is 4. The molecule has 154 valence electrons. The second-order valence-corrected chi connectivity index (χ2v) is 7.38. The molecule has 1 aromatic carbocycles. The lowest BCUT2D eigenvalue weighted by Crippen LogP contribution is -2.48. The first-order valence-corrected chi connectivity index (χ1v) is 8.96. The minimum atomic E-state index is -0.274. The van der Waals surface area contributed by atoms with Crippen molar-refractivity contribution in [1.82, 2.24) is 30.7 Å². The number of halogens is 1. The number of guanidine groups is 1. The van der Waals surface area contributed by atoms with Crippen molar-refractivity contribution < 1.29 is 4.79 Å². The van der Waals surface area contributed by atoms with Gasteiger partial charge in [-0.2, -0.15) is 0 Å². The largest absolute Gasteiger partial charge is 0.350 e. The summed E-state index contributed by atoms with van der Waals surface area (Å²) in [5, 5.41) is 17.4. The number of aromatic nitrogens is 3. The van der Waals surface area contributed by atoms with Crippen LogP contribution in [0.5, 0.6) is 0 Å². The summed E-state index contributed by atoms with van der Waals surface area (Å²) in [6, 6.07) is 9.95. The topological polar surface area (TPSA) is 96.2 Å². The second-order valence-electron chi connectivity index (χ2n) is 7.38. The van der Waals surface area contributed by atoms with Crippen LogP contribution in [-0.4, -0.2) is 38.7 Å². The minimum absolute atomic E-state index is 0. The van der Waals surface area contributed by atoms with Crippen molar-refractivity contribution >= 4 is 35.8 Å². The molecule has 1 aromatic heterocycles. The van der Waals surface area contributed by atoms with E-state index in [1.807, 2.05) is 69.6 Å². The molecule has 0 radical (unpaired) electrons. The number of hydrogen-bond donors (Lipinski definition) is 3. The summed E-state index contributed by atoms with van der Waals surface area (Å²) in [7, 11) is 1.91. The van der Waals surface area contributed by atoms with E-state index in [4.69, 9.17) is 0 Å². The monoisotopic (exact) mass is 499 g/mol. The normalized spacial score (nSPS) is 11.5. The Morgan fingerprint density at radius 3 is 2.39 bits per heavy atom.